The first-order chi connectivity index (χ1) is 7.69. The van der Waals surface area contributed by atoms with Gasteiger partial charge in [0.25, 0.3) is 0 Å². The average molecular weight is 241 g/mol. The summed E-state index contributed by atoms with van der Waals surface area (Å²) in [5.74, 6) is 1.45. The summed E-state index contributed by atoms with van der Waals surface area (Å²) in [6.45, 7) is 0. The van der Waals surface area contributed by atoms with Crippen LogP contribution in [0.15, 0.2) is 18.2 Å². The van der Waals surface area contributed by atoms with Crippen molar-refractivity contribution in [3.8, 4) is 5.75 Å². The molecule has 1 aliphatic rings. The van der Waals surface area contributed by atoms with E-state index >= 15 is 0 Å². The zero-order valence-electron chi connectivity index (χ0n) is 9.45. The SMILES string of the molecule is COc1ccc(Cl)cc1CC1CCC(O)C1. The van der Waals surface area contributed by atoms with Crippen LogP contribution in [-0.4, -0.2) is 18.3 Å². The number of aliphatic hydroxyl groups excluding tert-OH is 1. The second-order valence-corrected chi connectivity index (χ2v) is 4.93. The van der Waals surface area contributed by atoms with Gasteiger partial charge in [0.2, 0.25) is 0 Å². The molecule has 1 fully saturated rings. The van der Waals surface area contributed by atoms with Gasteiger partial charge >= 0.3 is 0 Å². The van der Waals surface area contributed by atoms with Gasteiger partial charge in [-0.1, -0.05) is 11.6 Å². The molecule has 0 heterocycles. The van der Waals surface area contributed by atoms with Crippen molar-refractivity contribution in [3.05, 3.63) is 28.8 Å². The molecule has 3 heteroatoms. The Labute approximate surface area is 101 Å². The van der Waals surface area contributed by atoms with Crippen molar-refractivity contribution in [2.45, 2.75) is 31.8 Å². The molecule has 2 unspecified atom stereocenters. The van der Waals surface area contributed by atoms with Gasteiger partial charge in [0.05, 0.1) is 13.2 Å². The van der Waals surface area contributed by atoms with Gasteiger partial charge in [0, 0.05) is 5.02 Å². The van der Waals surface area contributed by atoms with Crippen molar-refractivity contribution in [2.75, 3.05) is 7.11 Å². The number of hydrogen-bond donors (Lipinski definition) is 1. The zero-order chi connectivity index (χ0) is 11.5. The molecule has 1 aliphatic carbocycles. The van der Waals surface area contributed by atoms with E-state index in [1.54, 1.807) is 7.11 Å². The Hall–Kier alpha value is -0.730. The van der Waals surface area contributed by atoms with Crippen LogP contribution in [0.3, 0.4) is 0 Å². The standard InChI is InChI=1S/C13H17ClO2/c1-16-13-5-3-11(14)8-10(13)6-9-2-4-12(15)7-9/h3,5,8-9,12,15H,2,4,6-7H2,1H3. The number of aliphatic hydroxyl groups is 1. The number of ether oxygens (including phenoxy) is 1. The lowest BCUT2D eigenvalue weighted by Crippen LogP contribution is -2.04. The number of hydrogen-bond acceptors (Lipinski definition) is 2. The van der Waals surface area contributed by atoms with Gasteiger partial charge in [-0.3, -0.25) is 0 Å². The van der Waals surface area contributed by atoms with Crippen molar-refractivity contribution in [3.63, 3.8) is 0 Å². The lowest BCUT2D eigenvalue weighted by atomic mass is 9.97. The van der Waals surface area contributed by atoms with Crippen molar-refractivity contribution < 1.29 is 9.84 Å². The molecule has 0 radical (unpaired) electrons. The first-order valence-corrected chi connectivity index (χ1v) is 6.07. The predicted molar refractivity (Wildman–Crippen MR) is 65.1 cm³/mol. The lowest BCUT2D eigenvalue weighted by molar-refractivity contribution is 0.177. The molecule has 1 N–H and O–H groups in total. The summed E-state index contributed by atoms with van der Waals surface area (Å²) in [6.07, 6.45) is 3.75. The summed E-state index contributed by atoms with van der Waals surface area (Å²) in [6, 6.07) is 5.71. The molecule has 16 heavy (non-hydrogen) atoms. The van der Waals surface area contributed by atoms with E-state index in [1.807, 2.05) is 18.2 Å². The molecular formula is C13H17ClO2. The van der Waals surface area contributed by atoms with Crippen LogP contribution >= 0.6 is 11.6 Å². The summed E-state index contributed by atoms with van der Waals surface area (Å²) in [5.41, 5.74) is 1.15. The first-order valence-electron chi connectivity index (χ1n) is 5.69. The maximum absolute atomic E-state index is 9.50. The van der Waals surface area contributed by atoms with Crippen molar-refractivity contribution in [1.29, 1.82) is 0 Å². The predicted octanol–water partition coefficient (Wildman–Crippen LogP) is 3.05. The van der Waals surface area contributed by atoms with Gasteiger partial charge < -0.3 is 9.84 Å². The number of methoxy groups -OCH3 is 1. The minimum atomic E-state index is -0.116. The van der Waals surface area contributed by atoms with Crippen LogP contribution in [0.2, 0.25) is 5.02 Å². The zero-order valence-corrected chi connectivity index (χ0v) is 10.2. The third kappa shape index (κ3) is 2.69. The fourth-order valence-corrected chi connectivity index (χ4v) is 2.65. The van der Waals surface area contributed by atoms with Crippen molar-refractivity contribution in [2.24, 2.45) is 5.92 Å². The second-order valence-electron chi connectivity index (χ2n) is 4.49. The molecule has 0 spiro atoms. The Morgan fingerprint density at radius 1 is 1.44 bits per heavy atom. The Kier molecular flexibility index (Phi) is 3.72. The summed E-state index contributed by atoms with van der Waals surface area (Å²) < 4.78 is 5.32. The van der Waals surface area contributed by atoms with E-state index in [2.05, 4.69) is 0 Å². The van der Waals surface area contributed by atoms with E-state index < -0.39 is 0 Å². The summed E-state index contributed by atoms with van der Waals surface area (Å²) >= 11 is 5.98. The molecule has 0 aliphatic heterocycles. The molecule has 1 aromatic rings. The number of benzene rings is 1. The van der Waals surface area contributed by atoms with Crippen LogP contribution < -0.4 is 4.74 Å². The highest BCUT2D eigenvalue weighted by atomic mass is 35.5. The van der Waals surface area contributed by atoms with Crippen LogP contribution in [0.4, 0.5) is 0 Å². The normalized spacial score (nSPS) is 24.7. The van der Waals surface area contributed by atoms with E-state index in [1.165, 1.54) is 0 Å². The first kappa shape index (κ1) is 11.7. The van der Waals surface area contributed by atoms with Crippen LogP contribution in [0.25, 0.3) is 0 Å². The Morgan fingerprint density at radius 3 is 2.88 bits per heavy atom. The van der Waals surface area contributed by atoms with Crippen LogP contribution in [-0.2, 0) is 6.42 Å². The highest BCUT2D eigenvalue weighted by molar-refractivity contribution is 6.30. The monoisotopic (exact) mass is 240 g/mol. The van der Waals surface area contributed by atoms with E-state index in [0.29, 0.717) is 5.92 Å². The van der Waals surface area contributed by atoms with Crippen LogP contribution in [0.1, 0.15) is 24.8 Å². The third-order valence-electron chi connectivity index (χ3n) is 3.26. The molecule has 0 aromatic heterocycles. The highest BCUT2D eigenvalue weighted by Gasteiger charge is 2.23. The molecule has 0 saturated heterocycles. The lowest BCUT2D eigenvalue weighted by Gasteiger charge is -2.13. The van der Waals surface area contributed by atoms with E-state index in [9.17, 15) is 5.11 Å². The molecule has 2 atom stereocenters. The minimum absolute atomic E-state index is 0.116. The highest BCUT2D eigenvalue weighted by Crippen LogP contribution is 2.32. The van der Waals surface area contributed by atoms with Crippen molar-refractivity contribution in [1.82, 2.24) is 0 Å². The van der Waals surface area contributed by atoms with Crippen LogP contribution in [0.5, 0.6) is 5.75 Å². The summed E-state index contributed by atoms with van der Waals surface area (Å²) in [4.78, 5) is 0. The van der Waals surface area contributed by atoms with Gasteiger partial charge in [-0.2, -0.15) is 0 Å². The smallest absolute Gasteiger partial charge is 0.122 e. The topological polar surface area (TPSA) is 29.5 Å². The van der Waals surface area contributed by atoms with Gasteiger partial charge in [0.1, 0.15) is 5.75 Å². The summed E-state index contributed by atoms with van der Waals surface area (Å²) in [7, 11) is 1.68. The maximum atomic E-state index is 9.50. The third-order valence-corrected chi connectivity index (χ3v) is 3.50. The van der Waals surface area contributed by atoms with E-state index in [-0.39, 0.29) is 6.10 Å². The molecule has 88 valence electrons. The van der Waals surface area contributed by atoms with Gasteiger partial charge in [-0.05, 0) is 55.4 Å². The van der Waals surface area contributed by atoms with Gasteiger partial charge in [0.15, 0.2) is 0 Å². The van der Waals surface area contributed by atoms with E-state index in [4.69, 9.17) is 16.3 Å². The minimum Gasteiger partial charge on any atom is -0.496 e. The quantitative estimate of drug-likeness (QED) is 0.880. The fraction of sp³-hybridized carbons (Fsp3) is 0.538. The average Bonchev–Trinajstić information content (AvgIpc) is 2.64. The second kappa shape index (κ2) is 5.07. The van der Waals surface area contributed by atoms with Gasteiger partial charge in [-0.25, -0.2) is 0 Å². The van der Waals surface area contributed by atoms with Crippen molar-refractivity contribution >= 4 is 11.6 Å². The molecule has 2 nitrogen and oxygen atoms in total. The Balaban J connectivity index is 2.10. The maximum Gasteiger partial charge on any atom is 0.122 e. The molecular weight excluding hydrogens is 224 g/mol. The molecule has 2 rings (SSSR count). The Bertz CT molecular complexity index is 365. The molecule has 0 bridgehead atoms. The summed E-state index contributed by atoms with van der Waals surface area (Å²) in [5, 5.41) is 10.2. The largest absolute Gasteiger partial charge is 0.496 e. The number of rotatable bonds is 3. The van der Waals surface area contributed by atoms with Gasteiger partial charge in [-0.15, -0.1) is 0 Å². The number of halogens is 1. The molecule has 1 aromatic carbocycles. The molecule has 0 amide bonds. The molecule has 1 saturated carbocycles. The Morgan fingerprint density at radius 2 is 2.25 bits per heavy atom. The fourth-order valence-electron chi connectivity index (χ4n) is 2.45. The van der Waals surface area contributed by atoms with E-state index in [0.717, 1.165) is 42.0 Å². The van der Waals surface area contributed by atoms with Crippen LogP contribution in [0, 0.1) is 5.92 Å².